The van der Waals surface area contributed by atoms with E-state index in [0.717, 1.165) is 5.33 Å². The van der Waals surface area contributed by atoms with Gasteiger partial charge < -0.3 is 4.42 Å². The second-order valence-electron chi connectivity index (χ2n) is 4.63. The molecule has 1 aromatic carbocycles. The minimum Gasteiger partial charge on any atom is -0.403 e. The van der Waals surface area contributed by atoms with Crippen molar-refractivity contribution in [2.24, 2.45) is 5.92 Å². The zero-order valence-electron chi connectivity index (χ0n) is 10.4. The maximum Gasteiger partial charge on any atom is 0.325 e. The summed E-state index contributed by atoms with van der Waals surface area (Å²) < 4.78 is 18.6. The van der Waals surface area contributed by atoms with E-state index in [9.17, 15) is 9.18 Å². The molecule has 5 nitrogen and oxygen atoms in total. The Morgan fingerprint density at radius 3 is 3.00 bits per heavy atom. The quantitative estimate of drug-likeness (QED) is 0.806. The highest BCUT2D eigenvalue weighted by Gasteiger charge is 2.33. The van der Waals surface area contributed by atoms with Crippen LogP contribution in [0.2, 0.25) is 0 Å². The third-order valence-corrected chi connectivity index (χ3v) is 4.06. The van der Waals surface area contributed by atoms with Gasteiger partial charge in [-0.3, -0.25) is 9.69 Å². The van der Waals surface area contributed by atoms with Gasteiger partial charge in [-0.15, -0.1) is 5.10 Å². The molecule has 0 saturated carbocycles. The van der Waals surface area contributed by atoms with Crippen LogP contribution < -0.4 is 4.90 Å². The number of amides is 1. The Morgan fingerprint density at radius 1 is 1.45 bits per heavy atom. The van der Waals surface area contributed by atoms with Crippen LogP contribution in [0.4, 0.5) is 10.4 Å². The van der Waals surface area contributed by atoms with Crippen LogP contribution in [0, 0.1) is 11.7 Å². The van der Waals surface area contributed by atoms with Crippen molar-refractivity contribution in [3.63, 3.8) is 0 Å². The van der Waals surface area contributed by atoms with Gasteiger partial charge in [-0.05, 0) is 24.1 Å². The SMILES string of the molecule is O=C1CC(CBr)CN1c1nnc(-c2cccc(F)c2)o1. The summed E-state index contributed by atoms with van der Waals surface area (Å²) in [5, 5.41) is 8.49. The molecule has 1 aliphatic rings. The second kappa shape index (κ2) is 5.32. The summed E-state index contributed by atoms with van der Waals surface area (Å²) >= 11 is 3.37. The van der Waals surface area contributed by atoms with Crippen molar-refractivity contribution < 1.29 is 13.6 Å². The van der Waals surface area contributed by atoms with Gasteiger partial charge in [0, 0.05) is 23.9 Å². The molecule has 2 heterocycles. The predicted molar refractivity (Wildman–Crippen MR) is 73.9 cm³/mol. The van der Waals surface area contributed by atoms with Crippen LogP contribution in [0.3, 0.4) is 0 Å². The van der Waals surface area contributed by atoms with E-state index in [-0.39, 0.29) is 29.5 Å². The summed E-state index contributed by atoms with van der Waals surface area (Å²) in [6.45, 7) is 0.550. The van der Waals surface area contributed by atoms with E-state index in [1.165, 1.54) is 17.0 Å². The van der Waals surface area contributed by atoms with Crippen LogP contribution in [0.25, 0.3) is 11.5 Å². The Kier molecular flexibility index (Phi) is 3.52. The van der Waals surface area contributed by atoms with Crippen molar-refractivity contribution >= 4 is 27.9 Å². The fourth-order valence-electron chi connectivity index (χ4n) is 2.13. The number of halogens is 2. The van der Waals surface area contributed by atoms with Crippen molar-refractivity contribution in [2.75, 3.05) is 16.8 Å². The van der Waals surface area contributed by atoms with Crippen LogP contribution in [-0.2, 0) is 4.79 Å². The summed E-state index contributed by atoms with van der Waals surface area (Å²) in [5.74, 6) is 0.0318. The van der Waals surface area contributed by atoms with Crippen LogP contribution in [0.5, 0.6) is 0 Å². The molecule has 0 bridgehead atoms. The number of nitrogens with zero attached hydrogens (tertiary/aromatic N) is 3. The van der Waals surface area contributed by atoms with E-state index >= 15 is 0 Å². The molecule has 104 valence electrons. The molecule has 1 amide bonds. The summed E-state index contributed by atoms with van der Waals surface area (Å²) in [5.41, 5.74) is 0.493. The molecule has 0 N–H and O–H groups in total. The number of rotatable bonds is 3. The lowest BCUT2D eigenvalue weighted by atomic mass is 10.2. The number of alkyl halides is 1. The van der Waals surface area contributed by atoms with Gasteiger partial charge in [0.15, 0.2) is 0 Å². The van der Waals surface area contributed by atoms with Gasteiger partial charge in [-0.1, -0.05) is 27.1 Å². The highest BCUT2D eigenvalue weighted by atomic mass is 79.9. The van der Waals surface area contributed by atoms with E-state index in [4.69, 9.17) is 4.42 Å². The third kappa shape index (κ3) is 2.45. The number of benzene rings is 1. The molecule has 1 saturated heterocycles. The molecule has 3 rings (SSSR count). The van der Waals surface area contributed by atoms with Gasteiger partial charge in [0.2, 0.25) is 11.8 Å². The van der Waals surface area contributed by atoms with Crippen molar-refractivity contribution in [3.8, 4) is 11.5 Å². The molecule has 0 aliphatic carbocycles. The Balaban J connectivity index is 1.86. The number of aromatic nitrogens is 2. The van der Waals surface area contributed by atoms with Gasteiger partial charge >= 0.3 is 6.01 Å². The highest BCUT2D eigenvalue weighted by molar-refractivity contribution is 9.09. The number of carbonyl (C=O) groups excluding carboxylic acids is 1. The van der Waals surface area contributed by atoms with E-state index in [1.807, 2.05) is 0 Å². The lowest BCUT2D eigenvalue weighted by Crippen LogP contribution is -2.24. The molecule has 7 heteroatoms. The molecular weight excluding hydrogens is 329 g/mol. The van der Waals surface area contributed by atoms with Crippen molar-refractivity contribution in [2.45, 2.75) is 6.42 Å². The van der Waals surface area contributed by atoms with Gasteiger partial charge in [0.1, 0.15) is 5.82 Å². The van der Waals surface area contributed by atoms with E-state index in [1.54, 1.807) is 12.1 Å². The second-order valence-corrected chi connectivity index (χ2v) is 5.28. The lowest BCUT2D eigenvalue weighted by molar-refractivity contribution is -0.117. The summed E-state index contributed by atoms with van der Waals surface area (Å²) in [6, 6.07) is 6.05. The fraction of sp³-hybridized carbons (Fsp3) is 0.308. The van der Waals surface area contributed by atoms with Gasteiger partial charge in [0.25, 0.3) is 0 Å². The largest absolute Gasteiger partial charge is 0.403 e. The number of carbonyl (C=O) groups is 1. The third-order valence-electron chi connectivity index (χ3n) is 3.14. The van der Waals surface area contributed by atoms with Gasteiger partial charge in [0.05, 0.1) is 0 Å². The van der Waals surface area contributed by atoms with Gasteiger partial charge in [-0.25, -0.2) is 4.39 Å². The lowest BCUT2D eigenvalue weighted by Gasteiger charge is -2.09. The Labute approximate surface area is 122 Å². The average Bonchev–Trinajstić information content (AvgIpc) is 3.05. The Bertz CT molecular complexity index is 646. The molecular formula is C13H11BrFN3O2. The molecule has 1 atom stereocenters. The number of hydrogen-bond acceptors (Lipinski definition) is 4. The van der Waals surface area contributed by atoms with Crippen molar-refractivity contribution in [3.05, 3.63) is 30.1 Å². The number of anilines is 1. The normalized spacial score (nSPS) is 18.8. The summed E-state index contributed by atoms with van der Waals surface area (Å²) in [4.78, 5) is 13.3. The van der Waals surface area contributed by atoms with Crippen molar-refractivity contribution in [1.82, 2.24) is 10.2 Å². The summed E-state index contributed by atoms with van der Waals surface area (Å²) in [7, 11) is 0. The van der Waals surface area contributed by atoms with Crippen LogP contribution in [0.15, 0.2) is 28.7 Å². The van der Waals surface area contributed by atoms with Crippen molar-refractivity contribution in [1.29, 1.82) is 0 Å². The minimum atomic E-state index is -0.376. The standard InChI is InChI=1S/C13H11BrFN3O2/c14-6-8-4-11(19)18(7-8)13-17-16-12(20-13)9-2-1-3-10(15)5-9/h1-3,5,8H,4,6-7H2. The molecule has 0 radical (unpaired) electrons. The molecule has 1 fully saturated rings. The molecule has 2 aromatic rings. The monoisotopic (exact) mass is 339 g/mol. The topological polar surface area (TPSA) is 59.2 Å². The number of hydrogen-bond donors (Lipinski definition) is 0. The Morgan fingerprint density at radius 2 is 2.30 bits per heavy atom. The zero-order valence-corrected chi connectivity index (χ0v) is 12.0. The first-order valence-corrected chi connectivity index (χ1v) is 7.25. The molecule has 1 aromatic heterocycles. The molecule has 0 spiro atoms. The predicted octanol–water partition coefficient (Wildman–Crippen LogP) is 2.62. The first kappa shape index (κ1) is 13.2. The minimum absolute atomic E-state index is 0.0381. The fourth-order valence-corrected chi connectivity index (χ4v) is 2.57. The van der Waals surface area contributed by atoms with Crippen LogP contribution >= 0.6 is 15.9 Å². The average molecular weight is 340 g/mol. The zero-order chi connectivity index (χ0) is 14.1. The highest BCUT2D eigenvalue weighted by Crippen LogP contribution is 2.28. The molecule has 1 unspecified atom stereocenters. The Hall–Kier alpha value is -1.76. The molecule has 20 heavy (non-hydrogen) atoms. The first-order valence-electron chi connectivity index (χ1n) is 6.13. The summed E-state index contributed by atoms with van der Waals surface area (Å²) in [6.07, 6.45) is 0.461. The van der Waals surface area contributed by atoms with E-state index < -0.39 is 0 Å². The van der Waals surface area contributed by atoms with E-state index in [0.29, 0.717) is 18.5 Å². The molecule has 1 aliphatic heterocycles. The first-order chi connectivity index (χ1) is 9.67. The van der Waals surface area contributed by atoms with E-state index in [2.05, 4.69) is 26.1 Å². The van der Waals surface area contributed by atoms with Gasteiger partial charge in [-0.2, -0.15) is 0 Å². The maximum absolute atomic E-state index is 13.2. The van der Waals surface area contributed by atoms with Crippen LogP contribution in [0.1, 0.15) is 6.42 Å². The van der Waals surface area contributed by atoms with Crippen LogP contribution in [-0.4, -0.2) is 28.0 Å². The maximum atomic E-state index is 13.2. The smallest absolute Gasteiger partial charge is 0.325 e.